The maximum atomic E-state index is 12.7. The van der Waals surface area contributed by atoms with Crippen LogP contribution < -0.4 is 20.7 Å². The first-order valence-corrected chi connectivity index (χ1v) is 4.66. The molecule has 1 aromatic rings. The van der Waals surface area contributed by atoms with E-state index in [1.807, 2.05) is 5.43 Å². The highest BCUT2D eigenvalue weighted by Crippen LogP contribution is 2.37. The van der Waals surface area contributed by atoms with Crippen molar-refractivity contribution in [3.8, 4) is 11.6 Å². The van der Waals surface area contributed by atoms with Crippen LogP contribution in [-0.4, -0.2) is 35.8 Å². The summed E-state index contributed by atoms with van der Waals surface area (Å²) >= 11 is 0. The Hall–Kier alpha value is -1.91. The Morgan fingerprint density at radius 3 is 2.37 bits per heavy atom. The monoisotopic (exact) mass is 288 g/mol. The van der Waals surface area contributed by atoms with Crippen LogP contribution in [0.1, 0.15) is 0 Å². The Balaban J connectivity index is 2.90. The number of hydrogen-bond donors (Lipinski definition) is 2. The van der Waals surface area contributed by atoms with E-state index < -0.39 is 24.6 Å². The van der Waals surface area contributed by atoms with Gasteiger partial charge in [-0.2, -0.15) is 26.9 Å². The fourth-order valence-electron chi connectivity index (χ4n) is 0.988. The number of anilines is 1. The molecule has 6 nitrogen and oxygen atoms in total. The Labute approximate surface area is 103 Å². The minimum Gasteiger partial charge on any atom is -0.489 e. The number of aromatic nitrogens is 2. The number of nitrogens with zero attached hydrogens (tertiary/aromatic N) is 2. The quantitative estimate of drug-likeness (QED) is 0.483. The normalized spacial score (nSPS) is 12.2. The van der Waals surface area contributed by atoms with E-state index in [1.165, 1.54) is 0 Å². The van der Waals surface area contributed by atoms with Crippen molar-refractivity contribution >= 4 is 5.82 Å². The molecule has 0 aliphatic heterocycles. The molecule has 11 heteroatoms. The highest BCUT2D eigenvalue weighted by Gasteiger charge is 2.58. The molecule has 3 N–H and O–H groups in total. The second kappa shape index (κ2) is 5.38. The number of nitrogens with two attached hydrogens (primary N) is 1. The molecule has 1 aromatic heterocycles. The van der Waals surface area contributed by atoms with Gasteiger partial charge in [-0.3, -0.25) is 0 Å². The molecule has 0 fully saturated rings. The third-order valence-corrected chi connectivity index (χ3v) is 1.92. The van der Waals surface area contributed by atoms with Crippen molar-refractivity contribution in [2.75, 3.05) is 19.1 Å². The number of hydrogen-bond acceptors (Lipinski definition) is 6. The summed E-state index contributed by atoms with van der Waals surface area (Å²) in [6, 6.07) is 0. The Morgan fingerprint density at radius 2 is 1.89 bits per heavy atom. The average molecular weight is 288 g/mol. The maximum absolute atomic E-state index is 12.7. The zero-order valence-corrected chi connectivity index (χ0v) is 9.46. The number of methoxy groups -OCH3 is 1. The van der Waals surface area contributed by atoms with Crippen LogP contribution >= 0.6 is 0 Å². The fraction of sp³-hybridized carbons (Fsp3) is 0.500. The fourth-order valence-corrected chi connectivity index (χ4v) is 0.988. The molecular weight excluding hydrogens is 279 g/mol. The van der Waals surface area contributed by atoms with E-state index in [0.717, 1.165) is 13.4 Å². The van der Waals surface area contributed by atoms with Gasteiger partial charge in [-0.05, 0) is 0 Å². The van der Waals surface area contributed by atoms with Gasteiger partial charge < -0.3 is 14.9 Å². The van der Waals surface area contributed by atoms with Gasteiger partial charge in [-0.25, -0.2) is 10.8 Å². The van der Waals surface area contributed by atoms with Gasteiger partial charge in [-0.15, -0.1) is 0 Å². The lowest BCUT2D eigenvalue weighted by Crippen LogP contribution is -2.41. The van der Waals surface area contributed by atoms with Crippen LogP contribution in [0.2, 0.25) is 0 Å². The van der Waals surface area contributed by atoms with Gasteiger partial charge >= 0.3 is 12.1 Å². The largest absolute Gasteiger partial charge is 0.489 e. The number of nitrogen functional groups attached to an aromatic ring is 1. The molecule has 0 aromatic carbocycles. The lowest BCUT2D eigenvalue weighted by Gasteiger charge is -2.20. The maximum Gasteiger partial charge on any atom is 0.456 e. The number of nitrogens with one attached hydrogen (secondary N) is 1. The van der Waals surface area contributed by atoms with Crippen LogP contribution in [-0.2, 0) is 0 Å². The lowest BCUT2D eigenvalue weighted by atomic mass is 10.3. The predicted molar refractivity (Wildman–Crippen MR) is 52.9 cm³/mol. The summed E-state index contributed by atoms with van der Waals surface area (Å²) < 4.78 is 70.2. The summed E-state index contributed by atoms with van der Waals surface area (Å²) in [6.45, 7) is -1.94. The number of halogens is 5. The molecule has 0 bridgehead atoms. The highest BCUT2D eigenvalue weighted by atomic mass is 19.4. The van der Waals surface area contributed by atoms with Crippen molar-refractivity contribution in [1.82, 2.24) is 9.97 Å². The molecule has 0 aliphatic rings. The molecule has 0 amide bonds. The standard InChI is InChI=1S/C8H9F5N4O2/c1-18-4-5(17-14)15-3-16-6(4)19-2-7(9,10)8(11,12)13/h3H,2,14H2,1H3,(H,15,16,17). The van der Waals surface area contributed by atoms with Crippen molar-refractivity contribution in [2.45, 2.75) is 12.1 Å². The zero-order chi connectivity index (χ0) is 14.7. The van der Waals surface area contributed by atoms with Gasteiger partial charge in [0.2, 0.25) is 5.75 Å². The van der Waals surface area contributed by atoms with Crippen LogP contribution in [0.15, 0.2) is 6.33 Å². The Kier molecular flexibility index (Phi) is 4.29. The van der Waals surface area contributed by atoms with Crippen LogP contribution in [0.25, 0.3) is 0 Å². The van der Waals surface area contributed by atoms with Gasteiger partial charge in [0, 0.05) is 0 Å². The minimum absolute atomic E-state index is 0.122. The van der Waals surface area contributed by atoms with Crippen molar-refractivity contribution in [2.24, 2.45) is 5.84 Å². The first-order chi connectivity index (χ1) is 8.73. The molecule has 108 valence electrons. The molecule has 0 saturated carbocycles. The van der Waals surface area contributed by atoms with E-state index in [4.69, 9.17) is 10.6 Å². The molecule has 19 heavy (non-hydrogen) atoms. The van der Waals surface area contributed by atoms with Gasteiger partial charge in [0.05, 0.1) is 7.11 Å². The molecule has 0 radical (unpaired) electrons. The van der Waals surface area contributed by atoms with Gasteiger partial charge in [0.1, 0.15) is 6.33 Å². The molecular formula is C8H9F5N4O2. The summed E-state index contributed by atoms with van der Waals surface area (Å²) in [5.41, 5.74) is 2.05. The minimum atomic E-state index is -5.72. The van der Waals surface area contributed by atoms with Crippen LogP contribution in [0, 0.1) is 0 Å². The third-order valence-electron chi connectivity index (χ3n) is 1.92. The summed E-state index contributed by atoms with van der Waals surface area (Å²) in [5.74, 6) is -0.972. The smallest absolute Gasteiger partial charge is 0.456 e. The summed E-state index contributed by atoms with van der Waals surface area (Å²) in [7, 11) is 1.12. The first kappa shape index (κ1) is 15.1. The second-order valence-corrected chi connectivity index (χ2v) is 3.20. The Bertz CT molecular complexity index is 440. The number of ether oxygens (including phenoxy) is 2. The van der Waals surface area contributed by atoms with Gasteiger partial charge in [0.25, 0.3) is 5.88 Å². The summed E-state index contributed by atoms with van der Waals surface area (Å²) in [5, 5.41) is 0. The SMILES string of the molecule is COc1c(NN)ncnc1OCC(F)(F)C(F)(F)F. The van der Waals surface area contributed by atoms with Crippen LogP contribution in [0.4, 0.5) is 27.8 Å². The highest BCUT2D eigenvalue weighted by molar-refractivity contribution is 5.54. The third kappa shape index (κ3) is 3.30. The topological polar surface area (TPSA) is 82.3 Å². The second-order valence-electron chi connectivity index (χ2n) is 3.20. The Morgan fingerprint density at radius 1 is 1.26 bits per heavy atom. The zero-order valence-electron chi connectivity index (χ0n) is 9.46. The lowest BCUT2D eigenvalue weighted by molar-refractivity contribution is -0.290. The molecule has 0 atom stereocenters. The molecule has 0 spiro atoms. The van der Waals surface area contributed by atoms with Gasteiger partial charge in [0.15, 0.2) is 12.4 Å². The summed E-state index contributed by atoms with van der Waals surface area (Å²) in [6.07, 6.45) is -4.86. The average Bonchev–Trinajstić information content (AvgIpc) is 2.34. The number of alkyl halides is 5. The summed E-state index contributed by atoms with van der Waals surface area (Å²) in [4.78, 5) is 6.95. The molecule has 1 heterocycles. The number of hydrazine groups is 1. The van der Waals surface area contributed by atoms with Gasteiger partial charge in [-0.1, -0.05) is 0 Å². The van der Waals surface area contributed by atoms with E-state index in [2.05, 4.69) is 14.7 Å². The van der Waals surface area contributed by atoms with E-state index >= 15 is 0 Å². The van der Waals surface area contributed by atoms with E-state index in [0.29, 0.717) is 0 Å². The van der Waals surface area contributed by atoms with Crippen molar-refractivity contribution in [3.63, 3.8) is 0 Å². The van der Waals surface area contributed by atoms with Crippen molar-refractivity contribution in [3.05, 3.63) is 6.33 Å². The van der Waals surface area contributed by atoms with Crippen LogP contribution in [0.3, 0.4) is 0 Å². The van der Waals surface area contributed by atoms with E-state index in [1.54, 1.807) is 0 Å². The first-order valence-electron chi connectivity index (χ1n) is 4.66. The van der Waals surface area contributed by atoms with Crippen molar-refractivity contribution < 1.29 is 31.4 Å². The molecule has 0 unspecified atom stereocenters. The van der Waals surface area contributed by atoms with E-state index in [-0.39, 0.29) is 11.6 Å². The predicted octanol–water partition coefficient (Wildman–Crippen LogP) is 1.35. The molecule has 1 rings (SSSR count). The van der Waals surface area contributed by atoms with Crippen LogP contribution in [0.5, 0.6) is 11.6 Å². The van der Waals surface area contributed by atoms with Crippen molar-refractivity contribution in [1.29, 1.82) is 0 Å². The molecule has 0 aliphatic carbocycles. The molecule has 0 saturated heterocycles. The number of rotatable bonds is 5. The van der Waals surface area contributed by atoms with E-state index in [9.17, 15) is 22.0 Å².